The van der Waals surface area contributed by atoms with E-state index in [0.29, 0.717) is 22.5 Å². The summed E-state index contributed by atoms with van der Waals surface area (Å²) in [6, 6.07) is 4.43. The second-order valence-corrected chi connectivity index (χ2v) is 5.96. The van der Waals surface area contributed by atoms with E-state index >= 15 is 0 Å². The third kappa shape index (κ3) is 4.01. The lowest BCUT2D eigenvalue weighted by atomic mass is 9.98. The molecule has 1 fully saturated rings. The Morgan fingerprint density at radius 2 is 2.37 bits per heavy atom. The van der Waals surface area contributed by atoms with Crippen LogP contribution in [0.4, 0.5) is 4.39 Å². The number of carbonyl (C=O) groups is 1. The molecule has 3 nitrogen and oxygen atoms in total. The largest absolute Gasteiger partial charge is 0.352 e. The van der Waals surface area contributed by atoms with Gasteiger partial charge in [0.1, 0.15) is 5.82 Å². The van der Waals surface area contributed by atoms with Crippen molar-refractivity contribution in [1.29, 1.82) is 0 Å². The maximum atomic E-state index is 13.4. The average Bonchev–Trinajstić information content (AvgIpc) is 2.39. The Labute approximate surface area is 121 Å². The van der Waals surface area contributed by atoms with Crippen LogP contribution in [0.1, 0.15) is 23.2 Å². The zero-order valence-electron chi connectivity index (χ0n) is 11.0. The van der Waals surface area contributed by atoms with Gasteiger partial charge in [-0.1, -0.05) is 0 Å². The molecule has 104 valence electrons. The van der Waals surface area contributed by atoms with Gasteiger partial charge in [-0.05, 0) is 66.5 Å². The molecule has 1 aliphatic heterocycles. The number of halogens is 2. The van der Waals surface area contributed by atoms with E-state index in [1.807, 2.05) is 0 Å². The second kappa shape index (κ2) is 6.48. The first kappa shape index (κ1) is 14.5. The minimum atomic E-state index is -0.412. The summed E-state index contributed by atoms with van der Waals surface area (Å²) in [5, 5.41) is 2.89. The molecule has 1 N–H and O–H groups in total. The zero-order chi connectivity index (χ0) is 13.8. The molecule has 1 aliphatic rings. The van der Waals surface area contributed by atoms with E-state index in [0.717, 1.165) is 19.5 Å². The molecule has 0 radical (unpaired) electrons. The molecule has 5 heteroatoms. The summed E-state index contributed by atoms with van der Waals surface area (Å²) >= 11 is 3.07. The number of amides is 1. The fourth-order valence-electron chi connectivity index (χ4n) is 2.42. The summed E-state index contributed by atoms with van der Waals surface area (Å²) in [7, 11) is 2.10. The number of hydrogen-bond acceptors (Lipinski definition) is 2. The van der Waals surface area contributed by atoms with Crippen LogP contribution in [0.2, 0.25) is 0 Å². The lowest BCUT2D eigenvalue weighted by Crippen LogP contribution is -2.39. The summed E-state index contributed by atoms with van der Waals surface area (Å²) in [4.78, 5) is 14.2. The zero-order valence-corrected chi connectivity index (χ0v) is 12.5. The fraction of sp³-hybridized carbons (Fsp3) is 0.500. The maximum absolute atomic E-state index is 13.4. The molecule has 1 saturated heterocycles. The van der Waals surface area contributed by atoms with Crippen molar-refractivity contribution in [2.45, 2.75) is 12.8 Å². The smallest absolute Gasteiger partial charge is 0.251 e. The quantitative estimate of drug-likeness (QED) is 0.925. The molecule has 0 bridgehead atoms. The Kier molecular flexibility index (Phi) is 4.93. The molecule has 2 rings (SSSR count). The van der Waals surface area contributed by atoms with Gasteiger partial charge >= 0.3 is 0 Å². The summed E-state index contributed by atoms with van der Waals surface area (Å²) < 4.78 is 13.7. The van der Waals surface area contributed by atoms with Gasteiger partial charge in [0, 0.05) is 18.7 Å². The highest BCUT2D eigenvalue weighted by Crippen LogP contribution is 2.17. The van der Waals surface area contributed by atoms with Crippen LogP contribution in [0.25, 0.3) is 0 Å². The Morgan fingerprint density at radius 1 is 1.58 bits per heavy atom. The summed E-state index contributed by atoms with van der Waals surface area (Å²) in [5.41, 5.74) is 0.366. The first-order valence-electron chi connectivity index (χ1n) is 6.48. The molecule has 0 aromatic heterocycles. The summed E-state index contributed by atoms with van der Waals surface area (Å²) in [6.45, 7) is 2.79. The van der Waals surface area contributed by atoms with Crippen LogP contribution < -0.4 is 5.32 Å². The van der Waals surface area contributed by atoms with E-state index in [-0.39, 0.29) is 5.91 Å². The van der Waals surface area contributed by atoms with Crippen LogP contribution in [0.5, 0.6) is 0 Å². The lowest BCUT2D eigenvalue weighted by Gasteiger charge is -2.29. The van der Waals surface area contributed by atoms with Gasteiger partial charge in [-0.15, -0.1) is 0 Å². The molecular formula is C14H18BrFN2O. The minimum absolute atomic E-state index is 0.209. The highest BCUT2D eigenvalue weighted by Gasteiger charge is 2.18. The SMILES string of the molecule is CN1CCCC(CNC(=O)c2ccc(Br)c(F)c2)C1. The maximum Gasteiger partial charge on any atom is 0.251 e. The second-order valence-electron chi connectivity index (χ2n) is 5.11. The number of rotatable bonds is 3. The van der Waals surface area contributed by atoms with E-state index in [4.69, 9.17) is 0 Å². The van der Waals surface area contributed by atoms with E-state index in [1.165, 1.54) is 12.5 Å². The van der Waals surface area contributed by atoms with Crippen LogP contribution in [0, 0.1) is 11.7 Å². The number of hydrogen-bond donors (Lipinski definition) is 1. The molecular weight excluding hydrogens is 311 g/mol. The molecule has 1 atom stereocenters. The molecule has 1 aromatic carbocycles. The molecule has 1 amide bonds. The van der Waals surface area contributed by atoms with Crippen molar-refractivity contribution in [3.63, 3.8) is 0 Å². The topological polar surface area (TPSA) is 32.3 Å². The van der Waals surface area contributed by atoms with Gasteiger partial charge in [0.05, 0.1) is 4.47 Å². The first-order valence-corrected chi connectivity index (χ1v) is 7.27. The van der Waals surface area contributed by atoms with Crippen LogP contribution in [-0.4, -0.2) is 37.5 Å². The van der Waals surface area contributed by atoms with E-state index in [1.54, 1.807) is 12.1 Å². The third-order valence-corrected chi connectivity index (χ3v) is 4.10. The number of likely N-dealkylation sites (tertiary alicyclic amines) is 1. The fourth-order valence-corrected chi connectivity index (χ4v) is 2.66. The Hall–Kier alpha value is -0.940. The molecule has 19 heavy (non-hydrogen) atoms. The van der Waals surface area contributed by atoms with Crippen molar-refractivity contribution >= 4 is 21.8 Å². The van der Waals surface area contributed by atoms with Crippen molar-refractivity contribution in [2.75, 3.05) is 26.7 Å². The van der Waals surface area contributed by atoms with Gasteiger partial charge in [0.15, 0.2) is 0 Å². The summed E-state index contributed by atoms with van der Waals surface area (Å²) in [5.74, 6) is -0.132. The van der Waals surface area contributed by atoms with Gasteiger partial charge in [-0.25, -0.2) is 4.39 Å². The number of nitrogens with zero attached hydrogens (tertiary/aromatic N) is 1. The number of piperidine rings is 1. The van der Waals surface area contributed by atoms with Crippen molar-refractivity contribution in [3.8, 4) is 0 Å². The lowest BCUT2D eigenvalue weighted by molar-refractivity contribution is 0.0936. The van der Waals surface area contributed by atoms with Crippen molar-refractivity contribution in [2.24, 2.45) is 5.92 Å². The van der Waals surface area contributed by atoms with Crippen molar-refractivity contribution in [1.82, 2.24) is 10.2 Å². The van der Waals surface area contributed by atoms with Crippen molar-refractivity contribution in [3.05, 3.63) is 34.1 Å². The highest BCUT2D eigenvalue weighted by atomic mass is 79.9. The van der Waals surface area contributed by atoms with Gasteiger partial charge in [0.25, 0.3) is 5.91 Å². The molecule has 0 saturated carbocycles. The molecule has 1 heterocycles. The molecule has 1 aromatic rings. The van der Waals surface area contributed by atoms with E-state index < -0.39 is 5.82 Å². The number of nitrogens with one attached hydrogen (secondary N) is 1. The minimum Gasteiger partial charge on any atom is -0.352 e. The molecule has 0 spiro atoms. The summed E-state index contributed by atoms with van der Waals surface area (Å²) in [6.07, 6.45) is 2.31. The Bertz CT molecular complexity index is 467. The van der Waals surface area contributed by atoms with E-state index in [9.17, 15) is 9.18 Å². The predicted molar refractivity (Wildman–Crippen MR) is 76.7 cm³/mol. The predicted octanol–water partition coefficient (Wildman–Crippen LogP) is 2.66. The Balaban J connectivity index is 1.88. The standard InChI is InChI=1S/C14H18BrFN2O/c1-18-6-2-3-10(9-18)8-17-14(19)11-4-5-12(15)13(16)7-11/h4-5,7,10H,2-3,6,8-9H2,1H3,(H,17,19). The van der Waals surface area contributed by atoms with Gasteiger partial charge in [0.2, 0.25) is 0 Å². The number of carbonyl (C=O) groups excluding carboxylic acids is 1. The van der Waals surface area contributed by atoms with Gasteiger partial charge in [-0.3, -0.25) is 4.79 Å². The first-order chi connectivity index (χ1) is 9.06. The van der Waals surface area contributed by atoms with Crippen LogP contribution in [-0.2, 0) is 0 Å². The molecule has 1 unspecified atom stereocenters. The van der Waals surface area contributed by atoms with Gasteiger partial charge < -0.3 is 10.2 Å². The van der Waals surface area contributed by atoms with Crippen LogP contribution >= 0.6 is 15.9 Å². The monoisotopic (exact) mass is 328 g/mol. The molecule has 0 aliphatic carbocycles. The van der Waals surface area contributed by atoms with Gasteiger partial charge in [-0.2, -0.15) is 0 Å². The van der Waals surface area contributed by atoms with Crippen LogP contribution in [0.15, 0.2) is 22.7 Å². The highest BCUT2D eigenvalue weighted by molar-refractivity contribution is 9.10. The van der Waals surface area contributed by atoms with E-state index in [2.05, 4.69) is 33.2 Å². The Morgan fingerprint density at radius 3 is 3.05 bits per heavy atom. The van der Waals surface area contributed by atoms with Crippen LogP contribution in [0.3, 0.4) is 0 Å². The van der Waals surface area contributed by atoms with Crippen molar-refractivity contribution < 1.29 is 9.18 Å². The average molecular weight is 329 g/mol. The number of benzene rings is 1. The third-order valence-electron chi connectivity index (χ3n) is 3.46. The normalized spacial score (nSPS) is 20.3.